The zero-order valence-electron chi connectivity index (χ0n) is 8.77. The molecule has 82 valence electrons. The van der Waals surface area contributed by atoms with Crippen molar-refractivity contribution in [3.63, 3.8) is 0 Å². The van der Waals surface area contributed by atoms with Crippen molar-refractivity contribution in [3.8, 4) is 5.75 Å². The summed E-state index contributed by atoms with van der Waals surface area (Å²) in [4.78, 5) is 8.13. The van der Waals surface area contributed by atoms with Crippen LogP contribution in [-0.2, 0) is 0 Å². The van der Waals surface area contributed by atoms with Gasteiger partial charge in [0.05, 0.1) is 7.11 Å². The lowest BCUT2D eigenvalue weighted by molar-refractivity contribution is 0.401. The van der Waals surface area contributed by atoms with Gasteiger partial charge in [0.2, 0.25) is 0 Å². The first-order valence-electron chi connectivity index (χ1n) is 5.12. The standard InChI is InChI=1S/C10H15N3OS/c1-14-8-9(11)12-6-13-10(8)15-7-4-2-3-5-7/h6-7H,2-5H2,1H3,(H2,11,12,13). The maximum Gasteiger partial charge on any atom is 0.193 e. The van der Waals surface area contributed by atoms with Crippen LogP contribution in [0.15, 0.2) is 11.4 Å². The van der Waals surface area contributed by atoms with E-state index in [0.29, 0.717) is 16.8 Å². The van der Waals surface area contributed by atoms with E-state index in [-0.39, 0.29) is 0 Å². The van der Waals surface area contributed by atoms with Gasteiger partial charge in [0.1, 0.15) is 11.4 Å². The largest absolute Gasteiger partial charge is 0.490 e. The summed E-state index contributed by atoms with van der Waals surface area (Å²) in [6, 6.07) is 0. The van der Waals surface area contributed by atoms with Crippen LogP contribution in [0.3, 0.4) is 0 Å². The maximum atomic E-state index is 5.72. The van der Waals surface area contributed by atoms with Crippen molar-refractivity contribution in [1.82, 2.24) is 9.97 Å². The molecule has 1 aliphatic rings. The Balaban J connectivity index is 2.15. The Kier molecular flexibility index (Phi) is 3.30. The highest BCUT2D eigenvalue weighted by atomic mass is 32.2. The molecule has 1 aliphatic carbocycles. The lowest BCUT2D eigenvalue weighted by Gasteiger charge is -2.11. The van der Waals surface area contributed by atoms with Crippen LogP contribution in [0.5, 0.6) is 5.75 Å². The van der Waals surface area contributed by atoms with Gasteiger partial charge in [-0.15, -0.1) is 0 Å². The first-order valence-corrected chi connectivity index (χ1v) is 6.00. The van der Waals surface area contributed by atoms with Crippen molar-refractivity contribution in [3.05, 3.63) is 6.33 Å². The molecule has 0 aromatic carbocycles. The van der Waals surface area contributed by atoms with Crippen LogP contribution in [-0.4, -0.2) is 22.3 Å². The molecule has 2 N–H and O–H groups in total. The number of anilines is 1. The third kappa shape index (κ3) is 2.34. The summed E-state index contributed by atoms with van der Waals surface area (Å²) in [5.41, 5.74) is 5.72. The number of hydrogen-bond donors (Lipinski definition) is 1. The molecule has 1 fully saturated rings. The Morgan fingerprint density at radius 1 is 1.40 bits per heavy atom. The minimum atomic E-state index is 0.424. The van der Waals surface area contributed by atoms with E-state index >= 15 is 0 Å². The van der Waals surface area contributed by atoms with Gasteiger partial charge in [0.15, 0.2) is 11.6 Å². The topological polar surface area (TPSA) is 61.0 Å². The van der Waals surface area contributed by atoms with Gasteiger partial charge in [-0.05, 0) is 12.8 Å². The zero-order chi connectivity index (χ0) is 10.7. The summed E-state index contributed by atoms with van der Waals surface area (Å²) in [5.74, 6) is 1.04. The summed E-state index contributed by atoms with van der Waals surface area (Å²) < 4.78 is 5.22. The summed E-state index contributed by atoms with van der Waals surface area (Å²) in [5, 5.41) is 1.53. The van der Waals surface area contributed by atoms with Crippen LogP contribution in [0, 0.1) is 0 Å². The second-order valence-electron chi connectivity index (χ2n) is 3.62. The third-order valence-electron chi connectivity index (χ3n) is 2.58. The molecule has 0 saturated heterocycles. The zero-order valence-corrected chi connectivity index (χ0v) is 9.59. The van der Waals surface area contributed by atoms with Gasteiger partial charge in [-0.25, -0.2) is 9.97 Å². The minimum Gasteiger partial charge on any atom is -0.490 e. The lowest BCUT2D eigenvalue weighted by atomic mass is 10.4. The molecule has 1 heterocycles. The summed E-state index contributed by atoms with van der Waals surface area (Å²) in [7, 11) is 1.60. The average molecular weight is 225 g/mol. The number of methoxy groups -OCH3 is 1. The molecule has 15 heavy (non-hydrogen) atoms. The maximum absolute atomic E-state index is 5.72. The number of ether oxygens (including phenoxy) is 1. The molecule has 0 atom stereocenters. The molecular weight excluding hydrogens is 210 g/mol. The SMILES string of the molecule is COc1c(N)ncnc1SC1CCCC1. The van der Waals surface area contributed by atoms with E-state index in [1.807, 2.05) is 0 Å². The highest BCUT2D eigenvalue weighted by Crippen LogP contribution is 2.38. The van der Waals surface area contributed by atoms with Crippen LogP contribution in [0.4, 0.5) is 5.82 Å². The quantitative estimate of drug-likeness (QED) is 0.798. The Labute approximate surface area is 93.6 Å². The summed E-state index contributed by atoms with van der Waals surface area (Å²) in [6.45, 7) is 0. The predicted molar refractivity (Wildman–Crippen MR) is 61.1 cm³/mol. The van der Waals surface area contributed by atoms with Crippen LogP contribution >= 0.6 is 11.8 Å². The van der Waals surface area contributed by atoms with Gasteiger partial charge in [0.25, 0.3) is 0 Å². The van der Waals surface area contributed by atoms with Crippen molar-refractivity contribution in [2.24, 2.45) is 0 Å². The second kappa shape index (κ2) is 4.70. The van der Waals surface area contributed by atoms with Gasteiger partial charge < -0.3 is 10.5 Å². The highest BCUT2D eigenvalue weighted by Gasteiger charge is 2.20. The monoisotopic (exact) mass is 225 g/mol. The predicted octanol–water partition coefficient (Wildman–Crippen LogP) is 2.10. The molecule has 0 amide bonds. The molecule has 2 rings (SSSR count). The van der Waals surface area contributed by atoms with Crippen LogP contribution in [0.25, 0.3) is 0 Å². The number of aromatic nitrogens is 2. The Hall–Kier alpha value is -0.970. The lowest BCUT2D eigenvalue weighted by Crippen LogP contribution is -2.02. The van der Waals surface area contributed by atoms with Gasteiger partial charge in [-0.1, -0.05) is 24.6 Å². The number of nitrogens with zero attached hydrogens (tertiary/aromatic N) is 2. The fourth-order valence-corrected chi connectivity index (χ4v) is 3.10. The first kappa shape index (κ1) is 10.5. The number of thioether (sulfide) groups is 1. The number of nitrogens with two attached hydrogens (primary N) is 1. The number of rotatable bonds is 3. The van der Waals surface area contributed by atoms with Crippen molar-refractivity contribution in [2.45, 2.75) is 36.0 Å². The minimum absolute atomic E-state index is 0.424. The van der Waals surface area contributed by atoms with E-state index in [1.165, 1.54) is 32.0 Å². The van der Waals surface area contributed by atoms with Gasteiger partial charge >= 0.3 is 0 Å². The summed E-state index contributed by atoms with van der Waals surface area (Å²) in [6.07, 6.45) is 6.66. The fraction of sp³-hybridized carbons (Fsp3) is 0.600. The number of nitrogen functional groups attached to an aromatic ring is 1. The molecule has 4 nitrogen and oxygen atoms in total. The normalized spacial score (nSPS) is 16.9. The Morgan fingerprint density at radius 2 is 2.13 bits per heavy atom. The van der Waals surface area contributed by atoms with E-state index in [2.05, 4.69) is 9.97 Å². The molecule has 0 aliphatic heterocycles. The van der Waals surface area contributed by atoms with Crippen LogP contribution < -0.4 is 10.5 Å². The molecule has 0 spiro atoms. The molecule has 1 aromatic rings. The van der Waals surface area contributed by atoms with E-state index in [9.17, 15) is 0 Å². The highest BCUT2D eigenvalue weighted by molar-refractivity contribution is 8.00. The molecule has 5 heteroatoms. The average Bonchev–Trinajstić information content (AvgIpc) is 2.71. The van der Waals surface area contributed by atoms with Crippen molar-refractivity contribution < 1.29 is 4.74 Å². The van der Waals surface area contributed by atoms with Crippen LogP contribution in [0.2, 0.25) is 0 Å². The van der Waals surface area contributed by atoms with Crippen LogP contribution in [0.1, 0.15) is 25.7 Å². The van der Waals surface area contributed by atoms with E-state index in [0.717, 1.165) is 5.03 Å². The second-order valence-corrected chi connectivity index (χ2v) is 4.91. The molecule has 1 saturated carbocycles. The van der Waals surface area contributed by atoms with E-state index in [4.69, 9.17) is 10.5 Å². The molecule has 1 aromatic heterocycles. The van der Waals surface area contributed by atoms with E-state index in [1.54, 1.807) is 18.9 Å². The number of hydrogen-bond acceptors (Lipinski definition) is 5. The molecule has 0 bridgehead atoms. The van der Waals surface area contributed by atoms with Gasteiger partial charge in [-0.2, -0.15) is 0 Å². The fourth-order valence-electron chi connectivity index (χ4n) is 1.81. The Morgan fingerprint density at radius 3 is 2.80 bits per heavy atom. The summed E-state index contributed by atoms with van der Waals surface area (Å²) >= 11 is 1.76. The van der Waals surface area contributed by atoms with Gasteiger partial charge in [-0.3, -0.25) is 0 Å². The van der Waals surface area contributed by atoms with Gasteiger partial charge in [0, 0.05) is 5.25 Å². The molecule has 0 radical (unpaired) electrons. The Bertz CT molecular complexity index is 339. The van der Waals surface area contributed by atoms with E-state index < -0.39 is 0 Å². The van der Waals surface area contributed by atoms with Crippen molar-refractivity contribution in [2.75, 3.05) is 12.8 Å². The van der Waals surface area contributed by atoms with Crippen molar-refractivity contribution >= 4 is 17.6 Å². The third-order valence-corrected chi connectivity index (χ3v) is 3.90. The smallest absolute Gasteiger partial charge is 0.193 e. The molecular formula is C10H15N3OS. The van der Waals surface area contributed by atoms with Crippen molar-refractivity contribution in [1.29, 1.82) is 0 Å². The molecule has 0 unspecified atom stereocenters. The first-order chi connectivity index (χ1) is 7.31.